The third-order valence-corrected chi connectivity index (χ3v) is 6.42. The Morgan fingerprint density at radius 3 is 2.20 bits per heavy atom. The third kappa shape index (κ3) is 3.32. The number of hydrogen-bond acceptors (Lipinski definition) is 1. The van der Waals surface area contributed by atoms with E-state index in [4.69, 9.17) is 0 Å². The lowest BCUT2D eigenvalue weighted by atomic mass is 9.65. The van der Waals surface area contributed by atoms with Crippen LogP contribution in [0.1, 0.15) is 61.2 Å². The van der Waals surface area contributed by atoms with Crippen molar-refractivity contribution in [2.24, 2.45) is 0 Å². The van der Waals surface area contributed by atoms with Gasteiger partial charge in [0.25, 0.3) is 5.91 Å². The molecule has 1 amide bonds. The Morgan fingerprint density at radius 1 is 0.933 bits per heavy atom. The van der Waals surface area contributed by atoms with E-state index in [1.807, 2.05) is 23.1 Å². The largest absolute Gasteiger partial charge is 0.302 e. The molecule has 3 heteroatoms. The maximum absolute atomic E-state index is 13.5. The predicted octanol–water partition coefficient (Wildman–Crippen LogP) is 6.52. The molecule has 0 aromatic heterocycles. The second-order valence-electron chi connectivity index (χ2n) is 9.04. The minimum Gasteiger partial charge on any atom is -0.302 e. The highest BCUT2D eigenvalue weighted by Gasteiger charge is 2.47. The molecule has 1 aliphatic rings. The van der Waals surface area contributed by atoms with Gasteiger partial charge in [0.15, 0.2) is 0 Å². The predicted molar refractivity (Wildman–Crippen MR) is 121 cm³/mol. The van der Waals surface area contributed by atoms with Crippen molar-refractivity contribution < 1.29 is 9.18 Å². The molecule has 30 heavy (non-hydrogen) atoms. The average molecular weight is 402 g/mol. The maximum Gasteiger partial charge on any atom is 0.258 e. The smallest absolute Gasteiger partial charge is 0.258 e. The normalized spacial score (nSPS) is 20.0. The number of fused-ring (bicyclic) bond motifs is 1. The number of hydrogen-bond donors (Lipinski definition) is 0. The Labute approximate surface area is 178 Å². The number of para-hydroxylation sites is 1. The fraction of sp³-hybridized carbons (Fsp3) is 0.296. The van der Waals surface area contributed by atoms with Gasteiger partial charge in [-0.15, -0.1) is 0 Å². The van der Waals surface area contributed by atoms with Gasteiger partial charge < -0.3 is 4.90 Å². The van der Waals surface area contributed by atoms with Crippen LogP contribution in [0.4, 0.5) is 10.1 Å². The van der Waals surface area contributed by atoms with Crippen LogP contribution in [0.5, 0.6) is 0 Å². The van der Waals surface area contributed by atoms with Crippen LogP contribution in [0.15, 0.2) is 72.8 Å². The Kier molecular flexibility index (Phi) is 5.01. The molecule has 0 bridgehead atoms. The summed E-state index contributed by atoms with van der Waals surface area (Å²) in [5.74, 6) is -0.441. The summed E-state index contributed by atoms with van der Waals surface area (Å²) in [6, 6.07) is 22.8. The highest BCUT2D eigenvalue weighted by Crippen LogP contribution is 2.50. The molecule has 0 N–H and O–H groups in total. The van der Waals surface area contributed by atoms with Crippen molar-refractivity contribution in [2.45, 2.75) is 51.5 Å². The van der Waals surface area contributed by atoms with Gasteiger partial charge >= 0.3 is 0 Å². The van der Waals surface area contributed by atoms with Gasteiger partial charge in [-0.2, -0.15) is 0 Å². The molecule has 1 unspecified atom stereocenters. The highest BCUT2D eigenvalue weighted by atomic mass is 19.1. The van der Waals surface area contributed by atoms with Crippen LogP contribution < -0.4 is 4.90 Å². The standard InChI is InChI=1S/C27H28FNO/c1-5-19-10-14-21(15-11-19)27(4)18-26(2,3)29(24-9-7-6-8-23(24)27)25(30)20-12-16-22(28)17-13-20/h6-17H,5,18H2,1-4H3. The van der Waals surface area contributed by atoms with Crippen LogP contribution in [0.3, 0.4) is 0 Å². The van der Waals surface area contributed by atoms with Crippen molar-refractivity contribution in [3.63, 3.8) is 0 Å². The minimum absolute atomic E-state index is 0.101. The van der Waals surface area contributed by atoms with E-state index in [1.54, 1.807) is 12.1 Å². The van der Waals surface area contributed by atoms with Crippen molar-refractivity contribution in [2.75, 3.05) is 4.90 Å². The first-order valence-electron chi connectivity index (χ1n) is 10.6. The van der Waals surface area contributed by atoms with Crippen LogP contribution in [0, 0.1) is 5.82 Å². The molecule has 3 aromatic rings. The number of amides is 1. The molecule has 0 fully saturated rings. The van der Waals surface area contributed by atoms with Crippen molar-refractivity contribution in [3.05, 3.63) is 101 Å². The summed E-state index contributed by atoms with van der Waals surface area (Å²) in [7, 11) is 0. The average Bonchev–Trinajstić information content (AvgIpc) is 2.73. The lowest BCUT2D eigenvalue weighted by Gasteiger charge is -2.51. The van der Waals surface area contributed by atoms with Crippen molar-refractivity contribution in [3.8, 4) is 0 Å². The molecule has 0 aliphatic carbocycles. The van der Waals surface area contributed by atoms with E-state index in [1.165, 1.54) is 23.3 Å². The number of benzene rings is 3. The molecule has 4 rings (SSSR count). The molecule has 0 radical (unpaired) electrons. The Hall–Kier alpha value is -2.94. The highest BCUT2D eigenvalue weighted by molar-refractivity contribution is 6.08. The van der Waals surface area contributed by atoms with Gasteiger partial charge in [-0.25, -0.2) is 4.39 Å². The van der Waals surface area contributed by atoms with E-state index < -0.39 is 5.54 Å². The van der Waals surface area contributed by atoms with Crippen LogP contribution in [-0.2, 0) is 11.8 Å². The first-order chi connectivity index (χ1) is 14.3. The van der Waals surface area contributed by atoms with Gasteiger partial charge in [0.2, 0.25) is 0 Å². The molecule has 0 saturated carbocycles. The SMILES string of the molecule is CCc1ccc(C2(C)CC(C)(C)N(C(=O)c3ccc(F)cc3)c3ccccc32)cc1. The summed E-state index contributed by atoms with van der Waals surface area (Å²) in [6.07, 6.45) is 1.80. The third-order valence-electron chi connectivity index (χ3n) is 6.42. The van der Waals surface area contributed by atoms with Gasteiger partial charge in [-0.1, -0.05) is 56.3 Å². The number of rotatable bonds is 3. The zero-order valence-corrected chi connectivity index (χ0v) is 18.1. The molecule has 1 atom stereocenters. The number of halogens is 1. The zero-order valence-electron chi connectivity index (χ0n) is 18.1. The van der Waals surface area contributed by atoms with E-state index in [0.29, 0.717) is 5.56 Å². The first kappa shape index (κ1) is 20.3. The Balaban J connectivity index is 1.85. The summed E-state index contributed by atoms with van der Waals surface area (Å²) in [5.41, 5.74) is 4.50. The lowest BCUT2D eigenvalue weighted by molar-refractivity contribution is 0.0948. The number of anilines is 1. The summed E-state index contributed by atoms with van der Waals surface area (Å²) in [4.78, 5) is 15.4. The molecular formula is C27H28FNO. The summed E-state index contributed by atoms with van der Waals surface area (Å²) < 4.78 is 13.4. The summed E-state index contributed by atoms with van der Waals surface area (Å²) >= 11 is 0. The molecule has 0 spiro atoms. The molecule has 1 aliphatic heterocycles. The summed E-state index contributed by atoms with van der Waals surface area (Å²) in [6.45, 7) is 8.66. The fourth-order valence-corrected chi connectivity index (χ4v) is 4.97. The Morgan fingerprint density at radius 2 is 1.57 bits per heavy atom. The lowest BCUT2D eigenvalue weighted by Crippen LogP contribution is -2.55. The van der Waals surface area contributed by atoms with Crippen LogP contribution in [-0.4, -0.2) is 11.4 Å². The van der Waals surface area contributed by atoms with E-state index in [-0.39, 0.29) is 17.1 Å². The first-order valence-corrected chi connectivity index (χ1v) is 10.6. The van der Waals surface area contributed by atoms with Crippen LogP contribution in [0.2, 0.25) is 0 Å². The van der Waals surface area contributed by atoms with Gasteiger partial charge in [-0.3, -0.25) is 4.79 Å². The fourth-order valence-electron chi connectivity index (χ4n) is 4.97. The Bertz CT molecular complexity index is 1070. The molecule has 154 valence electrons. The van der Waals surface area contributed by atoms with E-state index in [0.717, 1.165) is 24.1 Å². The van der Waals surface area contributed by atoms with Crippen LogP contribution in [0.25, 0.3) is 0 Å². The van der Waals surface area contributed by atoms with Crippen molar-refractivity contribution in [1.82, 2.24) is 0 Å². The topological polar surface area (TPSA) is 20.3 Å². The van der Waals surface area contributed by atoms with E-state index >= 15 is 0 Å². The number of carbonyl (C=O) groups excluding carboxylic acids is 1. The monoisotopic (exact) mass is 401 g/mol. The minimum atomic E-state index is -0.419. The molecule has 3 aromatic carbocycles. The summed E-state index contributed by atoms with van der Waals surface area (Å²) in [5, 5.41) is 0. The second-order valence-corrected chi connectivity index (χ2v) is 9.04. The van der Waals surface area contributed by atoms with Gasteiger partial charge in [0, 0.05) is 22.2 Å². The maximum atomic E-state index is 13.5. The number of nitrogens with zero attached hydrogens (tertiary/aromatic N) is 1. The van der Waals surface area contributed by atoms with Gasteiger partial charge in [-0.05, 0) is 73.7 Å². The van der Waals surface area contributed by atoms with Crippen molar-refractivity contribution in [1.29, 1.82) is 0 Å². The van der Waals surface area contributed by atoms with Gasteiger partial charge in [0.05, 0.1) is 0 Å². The van der Waals surface area contributed by atoms with Gasteiger partial charge in [0.1, 0.15) is 5.82 Å². The second kappa shape index (κ2) is 7.39. The molecule has 0 saturated heterocycles. The van der Waals surface area contributed by atoms with E-state index in [2.05, 4.69) is 58.0 Å². The number of aryl methyl sites for hydroxylation is 1. The van der Waals surface area contributed by atoms with Crippen LogP contribution >= 0.6 is 0 Å². The van der Waals surface area contributed by atoms with Crippen molar-refractivity contribution >= 4 is 11.6 Å². The van der Waals surface area contributed by atoms with E-state index in [9.17, 15) is 9.18 Å². The molecular weight excluding hydrogens is 373 g/mol. The molecule has 2 nitrogen and oxygen atoms in total. The zero-order chi connectivity index (χ0) is 21.5. The molecule has 1 heterocycles. The number of carbonyl (C=O) groups is 1. The quantitative estimate of drug-likeness (QED) is 0.489.